The number of amides is 2. The molecule has 28 heavy (non-hydrogen) atoms. The molecule has 0 unspecified atom stereocenters. The Hall–Kier alpha value is -3.04. The Morgan fingerprint density at radius 1 is 1.11 bits per heavy atom. The van der Waals surface area contributed by atoms with Crippen LogP contribution >= 0.6 is 22.7 Å². The molecule has 0 saturated carbocycles. The van der Waals surface area contributed by atoms with Crippen molar-refractivity contribution in [2.45, 2.75) is 13.0 Å². The van der Waals surface area contributed by atoms with Crippen molar-refractivity contribution in [1.29, 1.82) is 0 Å². The number of anilines is 1. The molecule has 144 valence electrons. The Bertz CT molecular complexity index is 955. The maximum Gasteiger partial charge on any atom is 0.326 e. The van der Waals surface area contributed by atoms with Gasteiger partial charge in [-0.05, 0) is 18.4 Å². The Labute approximate surface area is 169 Å². The standard InChI is InChI=1S/C19H17N3O4S2/c1-12(26-16(23)10-20-18(25)15-8-5-9-27-15)17(24)22-19-21-14(11-28-19)13-6-3-2-4-7-13/h2-9,11-12H,10H2,1H3,(H,20,25)(H,21,22,24)/t12-/m0/s1. The van der Waals surface area contributed by atoms with E-state index < -0.39 is 18.0 Å². The van der Waals surface area contributed by atoms with Gasteiger partial charge >= 0.3 is 5.97 Å². The summed E-state index contributed by atoms with van der Waals surface area (Å²) < 4.78 is 5.06. The molecule has 7 nitrogen and oxygen atoms in total. The first-order valence-corrected chi connectivity index (χ1v) is 10.1. The van der Waals surface area contributed by atoms with Gasteiger partial charge in [-0.3, -0.25) is 19.7 Å². The third kappa shape index (κ3) is 5.24. The molecule has 9 heteroatoms. The highest BCUT2D eigenvalue weighted by molar-refractivity contribution is 7.14. The molecule has 0 aliphatic carbocycles. The number of aromatic nitrogens is 1. The van der Waals surface area contributed by atoms with Crippen LogP contribution in [0.4, 0.5) is 5.13 Å². The van der Waals surface area contributed by atoms with E-state index >= 15 is 0 Å². The van der Waals surface area contributed by atoms with Crippen molar-refractivity contribution < 1.29 is 19.1 Å². The zero-order valence-corrected chi connectivity index (χ0v) is 16.5. The fourth-order valence-electron chi connectivity index (χ4n) is 2.22. The molecule has 0 spiro atoms. The third-order valence-electron chi connectivity index (χ3n) is 3.62. The van der Waals surface area contributed by atoms with Crippen molar-refractivity contribution in [3.63, 3.8) is 0 Å². The van der Waals surface area contributed by atoms with Gasteiger partial charge in [0.15, 0.2) is 11.2 Å². The van der Waals surface area contributed by atoms with E-state index in [9.17, 15) is 14.4 Å². The smallest absolute Gasteiger partial charge is 0.326 e. The molecule has 0 aliphatic rings. The molecule has 2 heterocycles. The van der Waals surface area contributed by atoms with Crippen molar-refractivity contribution in [3.05, 3.63) is 58.1 Å². The summed E-state index contributed by atoms with van der Waals surface area (Å²) in [5, 5.41) is 9.10. The Kier molecular flexibility index (Phi) is 6.51. The number of nitrogens with zero attached hydrogens (tertiary/aromatic N) is 1. The normalized spacial score (nSPS) is 11.5. The lowest BCUT2D eigenvalue weighted by Crippen LogP contribution is -2.35. The first kappa shape index (κ1) is 19.7. The number of benzene rings is 1. The van der Waals surface area contributed by atoms with Crippen molar-refractivity contribution in [2.24, 2.45) is 0 Å². The molecule has 0 fully saturated rings. The monoisotopic (exact) mass is 415 g/mol. The van der Waals surface area contributed by atoms with Gasteiger partial charge in [-0.1, -0.05) is 36.4 Å². The molecule has 0 bridgehead atoms. The lowest BCUT2D eigenvalue weighted by molar-refractivity contribution is -0.152. The first-order valence-electron chi connectivity index (χ1n) is 8.36. The van der Waals surface area contributed by atoms with Gasteiger partial charge in [0.25, 0.3) is 11.8 Å². The van der Waals surface area contributed by atoms with E-state index in [-0.39, 0.29) is 12.5 Å². The summed E-state index contributed by atoms with van der Waals surface area (Å²) in [5.41, 5.74) is 1.70. The zero-order valence-electron chi connectivity index (χ0n) is 14.9. The molecule has 3 rings (SSSR count). The van der Waals surface area contributed by atoms with Crippen molar-refractivity contribution in [3.8, 4) is 11.3 Å². The van der Waals surface area contributed by atoms with E-state index in [0.29, 0.717) is 10.0 Å². The Balaban J connectivity index is 1.47. The summed E-state index contributed by atoms with van der Waals surface area (Å²) in [5.74, 6) is -1.55. The van der Waals surface area contributed by atoms with Gasteiger partial charge in [0.1, 0.15) is 6.54 Å². The van der Waals surface area contributed by atoms with Crippen LogP contribution in [0, 0.1) is 0 Å². The second-order valence-electron chi connectivity index (χ2n) is 5.69. The van der Waals surface area contributed by atoms with Crippen LogP contribution in [0.1, 0.15) is 16.6 Å². The average Bonchev–Trinajstić information content (AvgIpc) is 3.39. The number of ether oxygens (including phenoxy) is 1. The van der Waals surface area contributed by atoms with E-state index in [2.05, 4.69) is 15.6 Å². The zero-order chi connectivity index (χ0) is 19.9. The SMILES string of the molecule is C[C@H](OC(=O)CNC(=O)c1cccs1)C(=O)Nc1nc(-c2ccccc2)cs1. The molecule has 0 aliphatic heterocycles. The van der Waals surface area contributed by atoms with Crippen molar-refractivity contribution in [1.82, 2.24) is 10.3 Å². The topological polar surface area (TPSA) is 97.4 Å². The number of thiazole rings is 1. The molecular formula is C19H17N3O4S2. The second-order valence-corrected chi connectivity index (χ2v) is 7.49. The van der Waals surface area contributed by atoms with Crippen LogP contribution in [-0.4, -0.2) is 35.4 Å². The predicted octanol–water partition coefficient (Wildman–Crippen LogP) is 3.17. The van der Waals surface area contributed by atoms with Gasteiger partial charge in [0, 0.05) is 10.9 Å². The van der Waals surface area contributed by atoms with Crippen LogP contribution < -0.4 is 10.6 Å². The van der Waals surface area contributed by atoms with Crippen LogP contribution in [0.15, 0.2) is 53.2 Å². The lowest BCUT2D eigenvalue weighted by Gasteiger charge is -2.12. The number of hydrogen-bond donors (Lipinski definition) is 2. The quantitative estimate of drug-likeness (QED) is 0.578. The molecule has 2 N–H and O–H groups in total. The van der Waals surface area contributed by atoms with E-state index in [4.69, 9.17) is 4.74 Å². The first-order chi connectivity index (χ1) is 13.5. The fourth-order valence-corrected chi connectivity index (χ4v) is 3.58. The minimum atomic E-state index is -1.02. The van der Waals surface area contributed by atoms with Gasteiger partial charge in [0.2, 0.25) is 0 Å². The summed E-state index contributed by atoms with van der Waals surface area (Å²) in [6.45, 7) is 1.14. The molecular weight excluding hydrogens is 398 g/mol. The number of carbonyl (C=O) groups excluding carboxylic acids is 3. The van der Waals surface area contributed by atoms with Crippen molar-refractivity contribution >= 4 is 45.6 Å². The van der Waals surface area contributed by atoms with E-state index in [1.165, 1.54) is 29.6 Å². The number of rotatable bonds is 7. The van der Waals surface area contributed by atoms with E-state index in [1.807, 2.05) is 35.7 Å². The van der Waals surface area contributed by atoms with Crippen LogP contribution in [0.5, 0.6) is 0 Å². The average molecular weight is 415 g/mol. The number of hydrogen-bond acceptors (Lipinski definition) is 7. The van der Waals surface area contributed by atoms with Crippen molar-refractivity contribution in [2.75, 3.05) is 11.9 Å². The largest absolute Gasteiger partial charge is 0.451 e. The number of nitrogens with one attached hydrogen (secondary N) is 2. The van der Waals surface area contributed by atoms with Gasteiger partial charge in [-0.15, -0.1) is 22.7 Å². The highest BCUT2D eigenvalue weighted by atomic mass is 32.1. The minimum absolute atomic E-state index is 0.316. The van der Waals surface area contributed by atoms with Crippen LogP contribution in [0.2, 0.25) is 0 Å². The number of thiophene rings is 1. The Morgan fingerprint density at radius 3 is 2.61 bits per heavy atom. The van der Waals surface area contributed by atoms with Gasteiger partial charge in [-0.2, -0.15) is 0 Å². The van der Waals surface area contributed by atoms with Gasteiger partial charge < -0.3 is 10.1 Å². The molecule has 0 saturated heterocycles. The van der Waals surface area contributed by atoms with E-state index in [1.54, 1.807) is 17.5 Å². The molecule has 2 aromatic heterocycles. The summed E-state index contributed by atoms with van der Waals surface area (Å²) >= 11 is 2.55. The molecule has 2 amide bonds. The highest BCUT2D eigenvalue weighted by Gasteiger charge is 2.20. The molecule has 1 aromatic carbocycles. The summed E-state index contributed by atoms with van der Waals surface area (Å²) in [6.07, 6.45) is -1.02. The third-order valence-corrected chi connectivity index (χ3v) is 5.25. The number of esters is 1. The lowest BCUT2D eigenvalue weighted by atomic mass is 10.2. The maximum absolute atomic E-state index is 12.2. The fraction of sp³-hybridized carbons (Fsp3) is 0.158. The Morgan fingerprint density at radius 2 is 1.89 bits per heavy atom. The summed E-state index contributed by atoms with van der Waals surface area (Å²) in [7, 11) is 0. The van der Waals surface area contributed by atoms with Crippen LogP contribution in [0.3, 0.4) is 0 Å². The predicted molar refractivity (Wildman–Crippen MR) is 108 cm³/mol. The molecule has 0 radical (unpaired) electrons. The van der Waals surface area contributed by atoms with E-state index in [0.717, 1.165) is 11.3 Å². The summed E-state index contributed by atoms with van der Waals surface area (Å²) in [6, 6.07) is 13.0. The minimum Gasteiger partial charge on any atom is -0.451 e. The highest BCUT2D eigenvalue weighted by Crippen LogP contribution is 2.24. The van der Waals surface area contributed by atoms with Crippen LogP contribution in [-0.2, 0) is 14.3 Å². The maximum atomic E-state index is 12.2. The van der Waals surface area contributed by atoms with Gasteiger partial charge in [-0.25, -0.2) is 4.98 Å². The molecule has 1 atom stereocenters. The number of carbonyl (C=O) groups is 3. The van der Waals surface area contributed by atoms with Gasteiger partial charge in [0.05, 0.1) is 10.6 Å². The van der Waals surface area contributed by atoms with Crippen LogP contribution in [0.25, 0.3) is 11.3 Å². The molecule has 3 aromatic rings. The second kappa shape index (κ2) is 9.25. The summed E-state index contributed by atoms with van der Waals surface area (Å²) in [4.78, 5) is 40.7.